The van der Waals surface area contributed by atoms with Crippen molar-refractivity contribution < 1.29 is 40.3 Å². The van der Waals surface area contributed by atoms with Crippen LogP contribution in [-0.4, -0.2) is 74.4 Å². The van der Waals surface area contributed by atoms with E-state index in [0.29, 0.717) is 42.9 Å². The van der Waals surface area contributed by atoms with Crippen LogP contribution in [-0.2, 0) is 27.2 Å². The van der Waals surface area contributed by atoms with Crippen LogP contribution in [0.25, 0.3) is 11.1 Å². The summed E-state index contributed by atoms with van der Waals surface area (Å²) in [5, 5.41) is 4.83. The smallest absolute Gasteiger partial charge is 0.416 e. The first-order valence-corrected chi connectivity index (χ1v) is 15.4. The monoisotopic (exact) mass is 638 g/mol. The molecule has 15 heteroatoms. The molecule has 0 unspecified atom stereocenters. The molecule has 1 aliphatic heterocycles. The molecule has 1 aliphatic rings. The van der Waals surface area contributed by atoms with Crippen molar-refractivity contribution in [1.82, 2.24) is 15.2 Å². The van der Waals surface area contributed by atoms with Gasteiger partial charge in [0.15, 0.2) is 9.84 Å². The summed E-state index contributed by atoms with van der Waals surface area (Å²) >= 11 is 0. The van der Waals surface area contributed by atoms with Crippen LogP contribution in [0.15, 0.2) is 53.5 Å². The minimum Gasteiger partial charge on any atom is -0.493 e. The number of rotatable bonds is 10. The van der Waals surface area contributed by atoms with E-state index < -0.39 is 51.2 Å². The van der Waals surface area contributed by atoms with E-state index in [2.05, 4.69) is 15.6 Å². The molecule has 0 atom stereocenters. The topological polar surface area (TPSA) is 138 Å². The molecule has 1 fully saturated rings. The van der Waals surface area contributed by atoms with Gasteiger partial charge in [0.2, 0.25) is 5.91 Å². The highest BCUT2D eigenvalue weighted by molar-refractivity contribution is 7.91. The van der Waals surface area contributed by atoms with Gasteiger partial charge in [0, 0.05) is 55.3 Å². The average Bonchev–Trinajstić information content (AvgIpc) is 2.94. The summed E-state index contributed by atoms with van der Waals surface area (Å²) in [7, 11) is -3.08. The average molecular weight is 639 g/mol. The zero-order valence-electron chi connectivity index (χ0n) is 23.6. The second kappa shape index (κ2) is 13.6. The quantitative estimate of drug-likeness (QED) is 0.290. The van der Waals surface area contributed by atoms with Crippen molar-refractivity contribution in [2.24, 2.45) is 0 Å². The van der Waals surface area contributed by atoms with Crippen LogP contribution in [0.5, 0.6) is 5.75 Å². The zero-order valence-corrected chi connectivity index (χ0v) is 24.4. The number of halogens is 4. The zero-order chi connectivity index (χ0) is 32.1. The van der Waals surface area contributed by atoms with E-state index in [-0.39, 0.29) is 47.2 Å². The van der Waals surface area contributed by atoms with Crippen molar-refractivity contribution in [2.75, 3.05) is 49.6 Å². The molecule has 0 bridgehead atoms. The molecule has 10 nitrogen and oxygen atoms in total. The Balaban J connectivity index is 1.44. The van der Waals surface area contributed by atoms with E-state index in [1.165, 1.54) is 24.4 Å². The predicted octanol–water partition coefficient (Wildman–Crippen LogP) is 3.24. The van der Waals surface area contributed by atoms with E-state index in [1.54, 1.807) is 6.92 Å². The van der Waals surface area contributed by atoms with Crippen molar-refractivity contribution in [3.63, 3.8) is 0 Å². The molecule has 3 aromatic rings. The number of ether oxygens (including phenoxy) is 1. The fourth-order valence-corrected chi connectivity index (χ4v) is 5.86. The van der Waals surface area contributed by atoms with E-state index in [0.717, 1.165) is 12.1 Å². The Morgan fingerprint density at radius 3 is 2.45 bits per heavy atom. The van der Waals surface area contributed by atoms with Crippen LogP contribution in [0, 0.1) is 5.82 Å². The van der Waals surface area contributed by atoms with E-state index in [1.807, 2.05) is 4.90 Å². The van der Waals surface area contributed by atoms with Gasteiger partial charge in [-0.25, -0.2) is 12.8 Å². The number of amides is 2. The number of nitrogens with one attached hydrogen (secondary N) is 3. The molecular formula is C29H30F4N4O6S. The number of H-pyrrole nitrogens is 1. The first-order valence-electron chi connectivity index (χ1n) is 13.6. The van der Waals surface area contributed by atoms with Gasteiger partial charge < -0.3 is 20.4 Å². The third-order valence-electron chi connectivity index (χ3n) is 6.86. The number of benzene rings is 2. The van der Waals surface area contributed by atoms with Gasteiger partial charge in [0.1, 0.15) is 11.6 Å². The van der Waals surface area contributed by atoms with Gasteiger partial charge in [-0.3, -0.25) is 19.3 Å². The molecule has 0 aliphatic carbocycles. The van der Waals surface area contributed by atoms with Gasteiger partial charge in [0.05, 0.1) is 30.1 Å². The molecule has 0 saturated carbocycles. The Bertz CT molecular complexity index is 1690. The summed E-state index contributed by atoms with van der Waals surface area (Å²) < 4.78 is 84.4. The van der Waals surface area contributed by atoms with Gasteiger partial charge in [-0.05, 0) is 42.3 Å². The van der Waals surface area contributed by atoms with Gasteiger partial charge in [-0.1, -0.05) is 12.1 Å². The number of nitrogens with zero attached hydrogens (tertiary/aromatic N) is 1. The summed E-state index contributed by atoms with van der Waals surface area (Å²) in [4.78, 5) is 41.4. The summed E-state index contributed by atoms with van der Waals surface area (Å²) in [6.45, 7) is 2.95. The number of aromatic nitrogens is 1. The van der Waals surface area contributed by atoms with Crippen LogP contribution < -0.4 is 20.9 Å². The number of alkyl halides is 3. The molecule has 0 spiro atoms. The van der Waals surface area contributed by atoms with Crippen molar-refractivity contribution in [3.05, 3.63) is 81.5 Å². The summed E-state index contributed by atoms with van der Waals surface area (Å²) in [6.07, 6.45) is -3.96. The van der Waals surface area contributed by atoms with Crippen LogP contribution in [0.1, 0.15) is 28.4 Å². The second-order valence-corrected chi connectivity index (χ2v) is 12.4. The van der Waals surface area contributed by atoms with Gasteiger partial charge in [-0.15, -0.1) is 0 Å². The van der Waals surface area contributed by atoms with E-state index >= 15 is 0 Å². The van der Waals surface area contributed by atoms with Crippen LogP contribution in [0.4, 0.5) is 23.2 Å². The summed E-state index contributed by atoms with van der Waals surface area (Å²) in [5.41, 5.74) is -1.48. The highest BCUT2D eigenvalue weighted by atomic mass is 32.2. The summed E-state index contributed by atoms with van der Waals surface area (Å²) in [5.74, 6) is -2.16. The number of carbonyl (C=O) groups excluding carboxylic acids is 2. The Morgan fingerprint density at radius 2 is 1.80 bits per heavy atom. The summed E-state index contributed by atoms with van der Waals surface area (Å²) in [6, 6.07) is 7.64. The van der Waals surface area contributed by atoms with Gasteiger partial charge in [-0.2, -0.15) is 13.2 Å². The molecule has 44 heavy (non-hydrogen) atoms. The maximum atomic E-state index is 15.0. The number of hydrogen-bond acceptors (Lipinski definition) is 7. The molecule has 1 saturated heterocycles. The van der Waals surface area contributed by atoms with Crippen LogP contribution in [0.3, 0.4) is 0 Å². The molecule has 2 amide bonds. The number of aromatic amines is 1. The Labute approximate surface area is 250 Å². The van der Waals surface area contributed by atoms with E-state index in [4.69, 9.17) is 4.74 Å². The minimum absolute atomic E-state index is 0.00437. The fourth-order valence-electron chi connectivity index (χ4n) is 4.59. The maximum absolute atomic E-state index is 15.0. The molecular weight excluding hydrogens is 608 g/mol. The maximum Gasteiger partial charge on any atom is 0.416 e. The Hall–Kier alpha value is -4.24. The normalized spacial score (nSPS) is 15.0. The van der Waals surface area contributed by atoms with Gasteiger partial charge >= 0.3 is 6.18 Å². The lowest BCUT2D eigenvalue weighted by Crippen LogP contribution is -2.43. The third kappa shape index (κ3) is 8.66. The molecule has 2 heterocycles. The lowest BCUT2D eigenvalue weighted by atomic mass is 10.0. The van der Waals surface area contributed by atoms with Crippen LogP contribution in [0.2, 0.25) is 0 Å². The third-order valence-corrected chi connectivity index (χ3v) is 8.47. The molecule has 236 valence electrons. The first-order chi connectivity index (χ1) is 20.7. The largest absolute Gasteiger partial charge is 0.493 e. The predicted molar refractivity (Wildman–Crippen MR) is 155 cm³/mol. The Morgan fingerprint density at radius 1 is 1.07 bits per heavy atom. The molecule has 4 rings (SSSR count). The number of hydrogen-bond donors (Lipinski definition) is 3. The molecule has 0 radical (unpaired) electrons. The van der Waals surface area contributed by atoms with Crippen molar-refractivity contribution in [3.8, 4) is 16.9 Å². The molecule has 1 aromatic heterocycles. The highest BCUT2D eigenvalue weighted by Gasteiger charge is 2.32. The minimum atomic E-state index is -4.82. The van der Waals surface area contributed by atoms with Crippen LogP contribution >= 0.6 is 0 Å². The number of pyridine rings is 1. The highest BCUT2D eigenvalue weighted by Crippen LogP contribution is 2.33. The van der Waals surface area contributed by atoms with Crippen molar-refractivity contribution in [1.29, 1.82) is 0 Å². The number of anilines is 1. The number of sulfone groups is 1. The number of carbonyl (C=O) groups is 2. The standard InChI is InChI=1S/C29H30F4N4O6S/c1-2-43-25-16-26(38)35-17-23(25)18-3-4-19(24(30)13-18)14-27(39)36-22-12-20(11-21(15-22)29(31,32)33)28(40)34-5-6-37-7-9-44(41,42)10-8-37/h3-4,11-13,15-17H,2,5-10,14H2,1H3,(H,34,40)(H,35,38)(H,36,39). The SMILES string of the molecule is CCOc1cc(=O)[nH]cc1-c1ccc(CC(=O)Nc2cc(C(=O)NCCN3CCS(=O)(=O)CC3)cc(C(F)(F)F)c2)c(F)c1. The van der Waals surface area contributed by atoms with E-state index in [9.17, 15) is 40.4 Å². The lowest BCUT2D eigenvalue weighted by Gasteiger charge is -2.26. The molecule has 2 aromatic carbocycles. The fraction of sp³-hybridized carbons (Fsp3) is 0.345. The first kappa shape index (κ1) is 32.7. The lowest BCUT2D eigenvalue weighted by molar-refractivity contribution is -0.137. The van der Waals surface area contributed by atoms with Crippen molar-refractivity contribution in [2.45, 2.75) is 19.5 Å². The van der Waals surface area contributed by atoms with Gasteiger partial charge in [0.25, 0.3) is 11.5 Å². The van der Waals surface area contributed by atoms with Crippen molar-refractivity contribution >= 4 is 27.3 Å². The molecule has 3 N–H and O–H groups in total. The second-order valence-electron chi connectivity index (χ2n) is 10.1. The Kier molecular flexibility index (Phi) is 10.1.